The first kappa shape index (κ1) is 14.4. The summed E-state index contributed by atoms with van der Waals surface area (Å²) in [5, 5.41) is 0. The lowest BCUT2D eigenvalue weighted by Gasteiger charge is -2.13. The largest absolute Gasteiger partial charge is 0.469 e. The molecular formula is C16H22O2S. The maximum absolute atomic E-state index is 11.3. The second-order valence-electron chi connectivity index (χ2n) is 5.42. The molecule has 0 saturated heterocycles. The predicted molar refractivity (Wildman–Crippen MR) is 80.3 cm³/mol. The van der Waals surface area contributed by atoms with Crippen LogP contribution in [0.4, 0.5) is 0 Å². The quantitative estimate of drug-likeness (QED) is 0.709. The summed E-state index contributed by atoms with van der Waals surface area (Å²) in [6.45, 7) is 2.17. The third kappa shape index (κ3) is 4.27. The van der Waals surface area contributed by atoms with Crippen molar-refractivity contribution in [2.75, 3.05) is 12.9 Å². The smallest absolute Gasteiger partial charge is 0.306 e. The zero-order valence-corrected chi connectivity index (χ0v) is 12.6. The molecule has 1 aliphatic carbocycles. The van der Waals surface area contributed by atoms with E-state index in [9.17, 15) is 4.79 Å². The van der Waals surface area contributed by atoms with Crippen LogP contribution in [0.2, 0.25) is 0 Å². The van der Waals surface area contributed by atoms with Gasteiger partial charge in [0.15, 0.2) is 0 Å². The fraction of sp³-hybridized carbons (Fsp3) is 0.562. The molecule has 0 aliphatic heterocycles. The van der Waals surface area contributed by atoms with Crippen molar-refractivity contribution in [3.63, 3.8) is 0 Å². The molecule has 0 bridgehead atoms. The Hall–Kier alpha value is -0.960. The third-order valence-electron chi connectivity index (χ3n) is 3.81. The highest BCUT2D eigenvalue weighted by Gasteiger charge is 2.44. The van der Waals surface area contributed by atoms with Crippen LogP contribution in [0.25, 0.3) is 0 Å². The third-order valence-corrected chi connectivity index (χ3v) is 5.17. The Bertz CT molecular complexity index is 421. The number of hydrogen-bond donors (Lipinski definition) is 0. The van der Waals surface area contributed by atoms with Gasteiger partial charge in [-0.2, -0.15) is 11.8 Å². The van der Waals surface area contributed by atoms with E-state index >= 15 is 0 Å². The standard InChI is InChI=1S/C16H22O2S/c1-3-13-4-6-14(7-5-13)11-19-12-16(8-9-16)10-15(17)18-2/h4-7H,3,8-12H2,1-2H3. The first-order chi connectivity index (χ1) is 9.17. The number of ether oxygens (including phenoxy) is 1. The van der Waals surface area contributed by atoms with Gasteiger partial charge < -0.3 is 4.74 Å². The van der Waals surface area contributed by atoms with Crippen LogP contribution >= 0.6 is 11.8 Å². The number of carbonyl (C=O) groups excluding carboxylic acids is 1. The minimum Gasteiger partial charge on any atom is -0.469 e. The maximum atomic E-state index is 11.3. The van der Waals surface area contributed by atoms with Crippen LogP contribution in [-0.2, 0) is 21.7 Å². The molecule has 104 valence electrons. The highest BCUT2D eigenvalue weighted by molar-refractivity contribution is 7.98. The molecule has 1 aromatic rings. The molecule has 2 nitrogen and oxygen atoms in total. The molecule has 0 atom stereocenters. The van der Waals surface area contributed by atoms with Gasteiger partial charge in [-0.05, 0) is 41.6 Å². The zero-order chi connectivity index (χ0) is 13.7. The van der Waals surface area contributed by atoms with Crippen molar-refractivity contribution in [1.29, 1.82) is 0 Å². The molecule has 2 rings (SSSR count). The Kier molecular flexibility index (Phi) is 4.92. The summed E-state index contributed by atoms with van der Waals surface area (Å²) in [5.74, 6) is 2.04. The van der Waals surface area contributed by atoms with E-state index in [2.05, 4.69) is 31.2 Å². The normalized spacial score (nSPS) is 16.1. The van der Waals surface area contributed by atoms with Gasteiger partial charge in [0.1, 0.15) is 0 Å². The van der Waals surface area contributed by atoms with Crippen molar-refractivity contribution in [2.45, 2.75) is 38.4 Å². The lowest BCUT2D eigenvalue weighted by molar-refractivity contribution is -0.141. The lowest BCUT2D eigenvalue weighted by Crippen LogP contribution is -2.13. The molecule has 0 N–H and O–H groups in total. The summed E-state index contributed by atoms with van der Waals surface area (Å²) in [6, 6.07) is 8.84. The monoisotopic (exact) mass is 278 g/mol. The van der Waals surface area contributed by atoms with Crippen molar-refractivity contribution in [1.82, 2.24) is 0 Å². The summed E-state index contributed by atoms with van der Waals surface area (Å²) >= 11 is 1.93. The average molecular weight is 278 g/mol. The number of hydrogen-bond acceptors (Lipinski definition) is 3. The molecule has 0 spiro atoms. The number of methoxy groups -OCH3 is 1. The van der Waals surface area contributed by atoms with Crippen molar-refractivity contribution >= 4 is 17.7 Å². The van der Waals surface area contributed by atoms with Gasteiger partial charge in [0.05, 0.1) is 13.5 Å². The second-order valence-corrected chi connectivity index (χ2v) is 6.40. The number of aryl methyl sites for hydroxylation is 1. The Balaban J connectivity index is 1.75. The van der Waals surface area contributed by atoms with Gasteiger partial charge in [-0.25, -0.2) is 0 Å². The molecule has 1 aromatic carbocycles. The lowest BCUT2D eigenvalue weighted by atomic mass is 10.1. The minimum atomic E-state index is -0.0644. The van der Waals surface area contributed by atoms with Crippen LogP contribution in [-0.4, -0.2) is 18.8 Å². The van der Waals surface area contributed by atoms with Crippen LogP contribution in [0.5, 0.6) is 0 Å². The first-order valence-corrected chi connectivity index (χ1v) is 8.05. The summed E-state index contributed by atoms with van der Waals surface area (Å²) in [5.41, 5.74) is 3.00. The van der Waals surface area contributed by atoms with Crippen molar-refractivity contribution < 1.29 is 9.53 Å². The number of esters is 1. The highest BCUT2D eigenvalue weighted by Crippen LogP contribution is 2.51. The molecule has 0 unspecified atom stereocenters. The van der Waals surface area contributed by atoms with Crippen LogP contribution in [0, 0.1) is 5.41 Å². The van der Waals surface area contributed by atoms with Gasteiger partial charge in [0.2, 0.25) is 0 Å². The summed E-state index contributed by atoms with van der Waals surface area (Å²) in [4.78, 5) is 11.3. The minimum absolute atomic E-state index is 0.0644. The van der Waals surface area contributed by atoms with E-state index in [0.717, 1.165) is 17.9 Å². The molecule has 1 saturated carbocycles. The van der Waals surface area contributed by atoms with Crippen LogP contribution in [0.3, 0.4) is 0 Å². The van der Waals surface area contributed by atoms with Gasteiger partial charge in [0.25, 0.3) is 0 Å². The summed E-state index contributed by atoms with van der Waals surface area (Å²) < 4.78 is 4.77. The summed E-state index contributed by atoms with van der Waals surface area (Å²) in [7, 11) is 1.47. The van der Waals surface area contributed by atoms with E-state index in [1.807, 2.05) is 11.8 Å². The van der Waals surface area contributed by atoms with Crippen molar-refractivity contribution in [3.05, 3.63) is 35.4 Å². The molecule has 3 heteroatoms. The molecular weight excluding hydrogens is 256 g/mol. The molecule has 0 radical (unpaired) electrons. The Labute approximate surface area is 119 Å². The number of carbonyl (C=O) groups is 1. The van der Waals surface area contributed by atoms with Crippen molar-refractivity contribution in [3.8, 4) is 0 Å². The van der Waals surface area contributed by atoms with E-state index in [1.165, 1.54) is 31.1 Å². The number of thioether (sulfide) groups is 1. The molecule has 1 aliphatic rings. The molecule has 0 aromatic heterocycles. The van der Waals surface area contributed by atoms with Crippen LogP contribution in [0.15, 0.2) is 24.3 Å². The molecule has 1 fully saturated rings. The zero-order valence-electron chi connectivity index (χ0n) is 11.8. The average Bonchev–Trinajstić information content (AvgIpc) is 3.19. The Morgan fingerprint density at radius 3 is 2.42 bits per heavy atom. The fourth-order valence-electron chi connectivity index (χ4n) is 2.18. The Morgan fingerprint density at radius 1 is 1.26 bits per heavy atom. The first-order valence-electron chi connectivity index (χ1n) is 6.90. The number of benzene rings is 1. The summed E-state index contributed by atoms with van der Waals surface area (Å²) in [6.07, 6.45) is 4.02. The van der Waals surface area contributed by atoms with E-state index in [4.69, 9.17) is 4.74 Å². The molecule has 0 heterocycles. The topological polar surface area (TPSA) is 26.3 Å². The van der Waals surface area contributed by atoms with E-state index in [-0.39, 0.29) is 11.4 Å². The Morgan fingerprint density at radius 2 is 1.89 bits per heavy atom. The van der Waals surface area contributed by atoms with E-state index in [0.29, 0.717) is 6.42 Å². The second kappa shape index (κ2) is 6.47. The van der Waals surface area contributed by atoms with E-state index in [1.54, 1.807) is 0 Å². The maximum Gasteiger partial charge on any atom is 0.306 e. The van der Waals surface area contributed by atoms with Crippen LogP contribution in [0.1, 0.15) is 37.3 Å². The van der Waals surface area contributed by atoms with Gasteiger partial charge in [0, 0.05) is 5.75 Å². The predicted octanol–water partition coefficient (Wildman–Crippen LogP) is 3.83. The molecule has 0 amide bonds. The SMILES string of the molecule is CCc1ccc(CSCC2(CC(=O)OC)CC2)cc1. The number of rotatable bonds is 7. The van der Waals surface area contributed by atoms with E-state index < -0.39 is 0 Å². The fourth-order valence-corrected chi connectivity index (χ4v) is 3.54. The van der Waals surface area contributed by atoms with Gasteiger partial charge in [-0.1, -0.05) is 31.2 Å². The highest BCUT2D eigenvalue weighted by atomic mass is 32.2. The van der Waals surface area contributed by atoms with Gasteiger partial charge in [-0.3, -0.25) is 4.79 Å². The van der Waals surface area contributed by atoms with Gasteiger partial charge in [-0.15, -0.1) is 0 Å². The van der Waals surface area contributed by atoms with Crippen molar-refractivity contribution in [2.24, 2.45) is 5.41 Å². The van der Waals surface area contributed by atoms with Gasteiger partial charge >= 0.3 is 5.97 Å². The molecule has 19 heavy (non-hydrogen) atoms. The van der Waals surface area contributed by atoms with Crippen LogP contribution < -0.4 is 0 Å².